The summed E-state index contributed by atoms with van der Waals surface area (Å²) >= 11 is 7.85. The van der Waals surface area contributed by atoms with E-state index in [4.69, 9.17) is 21.3 Å². The van der Waals surface area contributed by atoms with Crippen LogP contribution in [0.2, 0.25) is 5.02 Å². The Bertz CT molecular complexity index is 2550. The topological polar surface area (TPSA) is 181 Å². The Hall–Kier alpha value is -5.40. The van der Waals surface area contributed by atoms with Crippen molar-refractivity contribution in [2.24, 2.45) is 22.2 Å². The van der Waals surface area contributed by atoms with E-state index in [9.17, 15) is 29.5 Å². The molecule has 2 aliphatic heterocycles. The van der Waals surface area contributed by atoms with Crippen LogP contribution in [-0.4, -0.2) is 112 Å². The summed E-state index contributed by atoms with van der Waals surface area (Å²) in [6.45, 7) is 22.2. The van der Waals surface area contributed by atoms with Gasteiger partial charge in [-0.3, -0.25) is 24.1 Å². The number of hydrogen-bond acceptors (Lipinski definition) is 12. The van der Waals surface area contributed by atoms with Crippen LogP contribution in [-0.2, 0) is 14.4 Å². The number of unbranched alkanes of at least 4 members (excludes halogenated alkanes) is 1. The summed E-state index contributed by atoms with van der Waals surface area (Å²) in [6, 6.07) is 16.9. The molecule has 4 heterocycles. The number of rotatable bonds is 17. The van der Waals surface area contributed by atoms with Gasteiger partial charge >= 0.3 is 0 Å². The number of β-amino-alcohol motifs (C(OH)–C–C–N with tert-alkyl or cyclic N) is 1. The van der Waals surface area contributed by atoms with Crippen LogP contribution in [0.3, 0.4) is 0 Å². The predicted molar refractivity (Wildman–Crippen MR) is 274 cm³/mol. The Labute approximate surface area is 422 Å². The SMILES string of the molecule is Cc1ncsc1-c1ccc([C@H](C)NC(=O)[C@@H]2C[C@@H](O)CN2C(=O)[C@@H](NC(=O)CCCCN2CCN(c3ccc(C(=O)CC4C(C)(C)C(Oc5ccc(C#N)c(Cl)c5)C4(C)C)cn3)CC2)C(C)(C)C)cc1. The van der Waals surface area contributed by atoms with Crippen LogP contribution in [0.15, 0.2) is 66.3 Å². The number of pyridine rings is 1. The number of aryl methyl sites for hydroxylation is 1. The number of benzene rings is 2. The van der Waals surface area contributed by atoms with Crippen molar-refractivity contribution in [1.82, 2.24) is 30.4 Å². The Morgan fingerprint density at radius 3 is 2.27 bits per heavy atom. The van der Waals surface area contributed by atoms with Gasteiger partial charge in [-0.15, -0.1) is 11.3 Å². The lowest BCUT2D eigenvalue weighted by Gasteiger charge is -2.63. The molecule has 0 bridgehead atoms. The minimum atomic E-state index is -0.882. The molecule has 4 aromatic rings. The quantitative estimate of drug-likeness (QED) is 0.0683. The number of carbonyl (C=O) groups is 4. The minimum absolute atomic E-state index is 0.0148. The van der Waals surface area contributed by atoms with E-state index in [-0.39, 0.29) is 71.8 Å². The number of piperazine rings is 1. The Kier molecular flexibility index (Phi) is 16.1. The first-order chi connectivity index (χ1) is 33.1. The van der Waals surface area contributed by atoms with Crippen LogP contribution < -0.4 is 20.3 Å². The second-order valence-corrected chi connectivity index (χ2v) is 22.9. The van der Waals surface area contributed by atoms with Gasteiger partial charge < -0.3 is 30.3 Å². The highest BCUT2D eigenvalue weighted by atomic mass is 35.5. The summed E-state index contributed by atoms with van der Waals surface area (Å²) in [5.74, 6) is 0.631. The number of thiazole rings is 1. The number of ketones is 1. The molecule has 3 N–H and O–H groups in total. The first-order valence-corrected chi connectivity index (χ1v) is 25.8. The number of halogens is 1. The number of ether oxygens (including phenoxy) is 1. The van der Waals surface area contributed by atoms with Crippen LogP contribution in [0.25, 0.3) is 10.4 Å². The van der Waals surface area contributed by atoms with Crippen molar-refractivity contribution in [2.45, 2.75) is 125 Å². The molecule has 70 heavy (non-hydrogen) atoms. The molecule has 0 spiro atoms. The van der Waals surface area contributed by atoms with E-state index in [0.717, 1.165) is 66.7 Å². The zero-order valence-corrected chi connectivity index (χ0v) is 43.6. The van der Waals surface area contributed by atoms with Crippen LogP contribution in [0.4, 0.5) is 5.82 Å². The van der Waals surface area contributed by atoms with E-state index in [1.807, 2.05) is 76.5 Å². The molecule has 16 heteroatoms. The van der Waals surface area contributed by atoms with Crippen LogP contribution in [0, 0.1) is 40.4 Å². The smallest absolute Gasteiger partial charge is 0.246 e. The Balaban J connectivity index is 0.831. The number of likely N-dealkylation sites (tertiary alicyclic amines) is 1. The van der Waals surface area contributed by atoms with E-state index in [1.54, 1.807) is 35.7 Å². The number of aromatic nitrogens is 2. The summed E-state index contributed by atoms with van der Waals surface area (Å²) < 4.78 is 6.42. The van der Waals surface area contributed by atoms with Crippen molar-refractivity contribution in [3.05, 3.63) is 93.7 Å². The first kappa shape index (κ1) is 52.4. The maximum atomic E-state index is 14.2. The number of amides is 3. The van der Waals surface area contributed by atoms with Crippen molar-refractivity contribution in [3.63, 3.8) is 0 Å². The maximum absolute atomic E-state index is 14.2. The zero-order chi connectivity index (χ0) is 50.7. The molecule has 14 nitrogen and oxygen atoms in total. The molecule has 3 amide bonds. The van der Waals surface area contributed by atoms with Gasteiger partial charge in [0.15, 0.2) is 5.78 Å². The van der Waals surface area contributed by atoms with Gasteiger partial charge in [0, 0.05) is 80.6 Å². The molecular weight excluding hydrogens is 924 g/mol. The summed E-state index contributed by atoms with van der Waals surface area (Å²) in [4.78, 5) is 71.1. The number of nitrogens with one attached hydrogen (secondary N) is 2. The van der Waals surface area contributed by atoms with E-state index < -0.39 is 23.6 Å². The molecule has 374 valence electrons. The molecule has 0 radical (unpaired) electrons. The van der Waals surface area contributed by atoms with E-state index >= 15 is 0 Å². The molecule has 4 atom stereocenters. The van der Waals surface area contributed by atoms with E-state index in [0.29, 0.717) is 34.7 Å². The fourth-order valence-electron chi connectivity index (χ4n) is 10.9. The van der Waals surface area contributed by atoms with Gasteiger partial charge in [0.25, 0.3) is 0 Å². The van der Waals surface area contributed by atoms with Crippen molar-refractivity contribution >= 4 is 52.3 Å². The van der Waals surface area contributed by atoms with Gasteiger partial charge in [0.1, 0.15) is 35.8 Å². The monoisotopic (exact) mass is 992 g/mol. The fraction of sp³-hybridized carbons (Fsp3) is 0.537. The highest BCUT2D eigenvalue weighted by Gasteiger charge is 2.63. The van der Waals surface area contributed by atoms with E-state index in [1.165, 1.54) is 4.90 Å². The second-order valence-electron chi connectivity index (χ2n) is 21.6. The van der Waals surface area contributed by atoms with Gasteiger partial charge in [-0.05, 0) is 80.0 Å². The molecule has 0 unspecified atom stereocenters. The van der Waals surface area contributed by atoms with E-state index in [2.05, 4.69) is 59.2 Å². The summed E-state index contributed by atoms with van der Waals surface area (Å²) in [5.41, 5.74) is 4.55. The van der Waals surface area contributed by atoms with Gasteiger partial charge in [-0.2, -0.15) is 5.26 Å². The van der Waals surface area contributed by atoms with Gasteiger partial charge in [-0.1, -0.05) is 84.3 Å². The number of Topliss-reactive ketones (excluding diaryl/α,β-unsaturated/α-hetero) is 1. The fourth-order valence-corrected chi connectivity index (χ4v) is 11.9. The number of hydrogen-bond donors (Lipinski definition) is 3. The van der Waals surface area contributed by atoms with Gasteiger partial charge in [0.2, 0.25) is 17.7 Å². The molecule has 1 aliphatic carbocycles. The first-order valence-electron chi connectivity index (χ1n) is 24.5. The average molecular weight is 994 g/mol. The van der Waals surface area contributed by atoms with Crippen molar-refractivity contribution in [2.75, 3.05) is 44.2 Å². The maximum Gasteiger partial charge on any atom is 0.246 e. The lowest BCUT2D eigenvalue weighted by Crippen LogP contribution is -2.66. The van der Waals surface area contributed by atoms with Gasteiger partial charge in [0.05, 0.1) is 38.8 Å². The summed E-state index contributed by atoms with van der Waals surface area (Å²) in [7, 11) is 0. The number of nitriles is 1. The molecular formula is C54H69ClN8O6S. The number of aliphatic hydroxyl groups is 1. The second kappa shape index (κ2) is 21.5. The van der Waals surface area contributed by atoms with Crippen LogP contribution in [0.1, 0.15) is 121 Å². The molecule has 1 saturated carbocycles. The lowest BCUT2D eigenvalue weighted by atomic mass is 9.44. The summed E-state index contributed by atoms with van der Waals surface area (Å²) in [5, 5.41) is 26.3. The van der Waals surface area contributed by atoms with Crippen LogP contribution in [0.5, 0.6) is 5.75 Å². The largest absolute Gasteiger partial charge is 0.489 e. The molecule has 2 aromatic carbocycles. The van der Waals surface area contributed by atoms with Crippen molar-refractivity contribution in [1.29, 1.82) is 5.26 Å². The highest BCUT2D eigenvalue weighted by molar-refractivity contribution is 7.13. The Morgan fingerprint density at radius 1 is 0.971 bits per heavy atom. The number of nitrogens with zero attached hydrogens (tertiary/aromatic N) is 6. The molecule has 3 fully saturated rings. The molecule has 2 saturated heterocycles. The highest BCUT2D eigenvalue weighted by Crippen LogP contribution is 2.62. The zero-order valence-electron chi connectivity index (χ0n) is 42.1. The normalized spacial score (nSPS) is 21.8. The standard InChI is InChI=1S/C54H69ClN8O6S/c1-33(35-13-15-36(16-14-35)47-34(2)58-32-70-47)59-49(67)42-26-39(64)31-63(42)50(68)48(52(3,4)5)60-46(66)12-10-11-21-61-22-24-62(25-23-61)45-20-18-38(30-57-45)43(65)28-44-53(6,7)51(54(44,8)9)69-40-19-17-37(29-56)41(55)27-40/h13-20,27,30,32-33,39,42,44,48,51,64H,10-12,21-26,28,31H2,1-9H3,(H,59,67)(H,60,66)/t33-,39+,42-,44?,48+,51?/m0/s1. The third-order valence-electron chi connectivity index (χ3n) is 14.8. The minimum Gasteiger partial charge on any atom is -0.489 e. The number of aliphatic hydroxyl groups excluding tert-OH is 1. The molecule has 2 aromatic heterocycles. The summed E-state index contributed by atoms with van der Waals surface area (Å²) in [6.07, 6.45) is 2.91. The molecule has 7 rings (SSSR count). The average Bonchev–Trinajstić information content (AvgIpc) is 3.95. The third-order valence-corrected chi connectivity index (χ3v) is 16.1. The molecule has 3 aliphatic rings. The third kappa shape index (κ3) is 11.7. The van der Waals surface area contributed by atoms with Crippen molar-refractivity contribution < 1.29 is 29.0 Å². The lowest BCUT2D eigenvalue weighted by molar-refractivity contribution is -0.196. The van der Waals surface area contributed by atoms with Crippen LogP contribution >= 0.6 is 22.9 Å². The van der Waals surface area contributed by atoms with Gasteiger partial charge in [-0.25, -0.2) is 9.97 Å². The number of anilines is 1. The number of carbonyl (C=O) groups excluding carboxylic acids is 4. The van der Waals surface area contributed by atoms with Crippen molar-refractivity contribution in [3.8, 4) is 22.3 Å². The predicted octanol–water partition coefficient (Wildman–Crippen LogP) is 8.40. The Morgan fingerprint density at radius 2 is 1.67 bits per heavy atom.